The van der Waals surface area contributed by atoms with Crippen molar-refractivity contribution in [1.29, 1.82) is 0 Å². The third kappa shape index (κ3) is 2.70. The van der Waals surface area contributed by atoms with Gasteiger partial charge in [-0.15, -0.1) is 0 Å². The van der Waals surface area contributed by atoms with Crippen LogP contribution in [0.5, 0.6) is 0 Å². The molecule has 0 aliphatic carbocycles. The van der Waals surface area contributed by atoms with Gasteiger partial charge in [-0.3, -0.25) is 9.48 Å². The molecular weight excluding hydrogens is 278 g/mol. The Bertz CT molecular complexity index is 674. The smallest absolute Gasteiger partial charge is 0.287 e. The van der Waals surface area contributed by atoms with E-state index in [-0.39, 0.29) is 16.6 Å². The number of rotatable bonds is 4. The molecule has 0 fully saturated rings. The molecular formula is C13H18ClN5O. The predicted molar refractivity (Wildman–Crippen MR) is 79.2 cm³/mol. The van der Waals surface area contributed by atoms with Crippen LogP contribution in [-0.2, 0) is 13.6 Å². The molecule has 1 N–H and O–H groups in total. The van der Waals surface area contributed by atoms with Gasteiger partial charge in [0.15, 0.2) is 0 Å². The van der Waals surface area contributed by atoms with Gasteiger partial charge in [0.1, 0.15) is 5.02 Å². The van der Waals surface area contributed by atoms with Gasteiger partial charge < -0.3 is 5.32 Å². The number of aryl methyl sites for hydroxylation is 1. The lowest BCUT2D eigenvalue weighted by Gasteiger charge is -2.12. The van der Waals surface area contributed by atoms with Crippen LogP contribution < -0.4 is 10.9 Å². The molecule has 0 bridgehead atoms. The Morgan fingerprint density at radius 2 is 2.05 bits per heavy atom. The quantitative estimate of drug-likeness (QED) is 0.938. The summed E-state index contributed by atoms with van der Waals surface area (Å²) in [4.78, 5) is 12.0. The molecule has 0 radical (unpaired) electrons. The van der Waals surface area contributed by atoms with Gasteiger partial charge in [-0.25, -0.2) is 4.68 Å². The molecule has 2 aromatic rings. The van der Waals surface area contributed by atoms with Gasteiger partial charge in [0, 0.05) is 24.8 Å². The van der Waals surface area contributed by atoms with Crippen LogP contribution in [0.15, 0.2) is 17.2 Å². The van der Waals surface area contributed by atoms with E-state index in [1.54, 1.807) is 17.1 Å². The second kappa shape index (κ2) is 5.66. The third-order valence-corrected chi connectivity index (χ3v) is 3.60. The van der Waals surface area contributed by atoms with Crippen molar-refractivity contribution in [1.82, 2.24) is 19.6 Å². The number of aromatic nitrogens is 4. The summed E-state index contributed by atoms with van der Waals surface area (Å²) < 4.78 is 3.16. The molecule has 2 rings (SSSR count). The fourth-order valence-corrected chi connectivity index (χ4v) is 2.05. The van der Waals surface area contributed by atoms with E-state index in [1.807, 2.05) is 27.8 Å². The summed E-state index contributed by atoms with van der Waals surface area (Å²) in [5.41, 5.74) is 2.38. The first kappa shape index (κ1) is 14.6. The van der Waals surface area contributed by atoms with Crippen LogP contribution in [0.4, 0.5) is 5.69 Å². The fraction of sp³-hybridized carbons (Fsp3) is 0.462. The first-order valence-corrected chi connectivity index (χ1v) is 6.78. The summed E-state index contributed by atoms with van der Waals surface area (Å²) >= 11 is 6.10. The molecule has 2 aromatic heterocycles. The fourth-order valence-electron chi connectivity index (χ4n) is 1.84. The Kier molecular flexibility index (Phi) is 4.13. The van der Waals surface area contributed by atoms with E-state index in [0.29, 0.717) is 12.2 Å². The third-order valence-electron chi connectivity index (χ3n) is 3.24. The van der Waals surface area contributed by atoms with Crippen LogP contribution in [0.2, 0.25) is 5.02 Å². The van der Waals surface area contributed by atoms with Crippen LogP contribution in [0.25, 0.3) is 0 Å². The molecule has 20 heavy (non-hydrogen) atoms. The molecule has 0 aliphatic rings. The van der Waals surface area contributed by atoms with E-state index < -0.39 is 0 Å². The zero-order valence-corrected chi connectivity index (χ0v) is 12.8. The van der Waals surface area contributed by atoms with Crippen LogP contribution >= 0.6 is 11.6 Å². The molecule has 0 saturated heterocycles. The van der Waals surface area contributed by atoms with Gasteiger partial charge in [0.05, 0.1) is 24.1 Å². The summed E-state index contributed by atoms with van der Waals surface area (Å²) in [6.45, 7) is 6.31. The molecule has 108 valence electrons. The Balaban J connectivity index is 2.21. The minimum Gasteiger partial charge on any atom is -0.378 e. The Morgan fingerprint density at radius 3 is 2.60 bits per heavy atom. The first-order chi connectivity index (χ1) is 9.41. The highest BCUT2D eigenvalue weighted by molar-refractivity contribution is 6.32. The van der Waals surface area contributed by atoms with Crippen molar-refractivity contribution >= 4 is 17.3 Å². The van der Waals surface area contributed by atoms with Gasteiger partial charge in [-0.1, -0.05) is 11.6 Å². The van der Waals surface area contributed by atoms with Gasteiger partial charge >= 0.3 is 0 Å². The highest BCUT2D eigenvalue weighted by atomic mass is 35.5. The minimum atomic E-state index is -0.283. The van der Waals surface area contributed by atoms with E-state index in [9.17, 15) is 4.79 Å². The zero-order chi connectivity index (χ0) is 14.9. The summed E-state index contributed by atoms with van der Waals surface area (Å²) in [6, 6.07) is -0.0189. The van der Waals surface area contributed by atoms with Crippen LogP contribution in [0.1, 0.15) is 31.1 Å². The lowest BCUT2D eigenvalue weighted by atomic mass is 10.2. The topological polar surface area (TPSA) is 64.7 Å². The van der Waals surface area contributed by atoms with Gasteiger partial charge in [-0.05, 0) is 20.8 Å². The summed E-state index contributed by atoms with van der Waals surface area (Å²) in [7, 11) is 1.89. The SMILES string of the molecule is Cc1c(CNc2cnn(C(C)C)c(=O)c2Cl)cnn1C. The van der Waals surface area contributed by atoms with Crippen molar-refractivity contribution in [3.05, 3.63) is 39.0 Å². The molecule has 2 heterocycles. The van der Waals surface area contributed by atoms with E-state index >= 15 is 0 Å². The molecule has 6 nitrogen and oxygen atoms in total. The molecule has 0 aromatic carbocycles. The highest BCUT2D eigenvalue weighted by Gasteiger charge is 2.11. The average Bonchev–Trinajstić information content (AvgIpc) is 2.71. The predicted octanol–water partition coefficient (Wildman–Crippen LogP) is 2.13. The Morgan fingerprint density at radius 1 is 1.35 bits per heavy atom. The van der Waals surface area contributed by atoms with Gasteiger partial charge in [0.2, 0.25) is 0 Å². The second-order valence-electron chi connectivity index (χ2n) is 4.95. The van der Waals surface area contributed by atoms with Crippen LogP contribution in [0, 0.1) is 6.92 Å². The normalized spacial score (nSPS) is 11.1. The summed E-state index contributed by atoms with van der Waals surface area (Å²) in [5, 5.41) is 11.6. The molecule has 0 spiro atoms. The van der Waals surface area contributed by atoms with E-state index in [2.05, 4.69) is 15.5 Å². The van der Waals surface area contributed by atoms with Crippen LogP contribution in [-0.4, -0.2) is 19.6 Å². The van der Waals surface area contributed by atoms with Crippen molar-refractivity contribution in [3.8, 4) is 0 Å². The highest BCUT2D eigenvalue weighted by Crippen LogP contribution is 2.18. The zero-order valence-electron chi connectivity index (χ0n) is 12.0. The molecule has 0 atom stereocenters. The number of halogens is 1. The molecule has 0 aliphatic heterocycles. The number of nitrogens with one attached hydrogen (secondary N) is 1. The van der Waals surface area contributed by atoms with Crippen molar-refractivity contribution in [2.24, 2.45) is 7.05 Å². The Labute approximate surface area is 122 Å². The minimum absolute atomic E-state index is 0.0189. The first-order valence-electron chi connectivity index (χ1n) is 6.40. The lowest BCUT2D eigenvalue weighted by Crippen LogP contribution is -2.25. The molecule has 0 amide bonds. The maximum Gasteiger partial charge on any atom is 0.287 e. The summed E-state index contributed by atoms with van der Waals surface area (Å²) in [5.74, 6) is 0. The van der Waals surface area contributed by atoms with Gasteiger partial charge in [-0.2, -0.15) is 10.2 Å². The largest absolute Gasteiger partial charge is 0.378 e. The van der Waals surface area contributed by atoms with Crippen molar-refractivity contribution in [2.75, 3.05) is 5.32 Å². The molecule has 7 heteroatoms. The van der Waals surface area contributed by atoms with Crippen molar-refractivity contribution in [3.63, 3.8) is 0 Å². The van der Waals surface area contributed by atoms with Crippen molar-refractivity contribution in [2.45, 2.75) is 33.4 Å². The molecule has 0 saturated carbocycles. The number of nitrogens with zero attached hydrogens (tertiary/aromatic N) is 4. The monoisotopic (exact) mass is 295 g/mol. The van der Waals surface area contributed by atoms with Crippen LogP contribution in [0.3, 0.4) is 0 Å². The lowest BCUT2D eigenvalue weighted by molar-refractivity contribution is 0.503. The maximum atomic E-state index is 12.0. The number of hydrogen-bond acceptors (Lipinski definition) is 4. The molecule has 0 unspecified atom stereocenters. The van der Waals surface area contributed by atoms with Crippen molar-refractivity contribution < 1.29 is 0 Å². The van der Waals surface area contributed by atoms with E-state index in [1.165, 1.54) is 4.68 Å². The summed E-state index contributed by atoms with van der Waals surface area (Å²) in [6.07, 6.45) is 3.37. The maximum absolute atomic E-state index is 12.0. The van der Waals surface area contributed by atoms with E-state index in [4.69, 9.17) is 11.6 Å². The second-order valence-corrected chi connectivity index (χ2v) is 5.33. The Hall–Kier alpha value is -1.82. The van der Waals surface area contributed by atoms with E-state index in [0.717, 1.165) is 11.3 Å². The van der Waals surface area contributed by atoms with Gasteiger partial charge in [0.25, 0.3) is 5.56 Å². The number of hydrogen-bond donors (Lipinski definition) is 1. The standard InChI is InChI=1S/C13H18ClN5O/c1-8(2)19-13(20)12(14)11(7-17-19)15-5-10-6-16-18(4)9(10)3/h6-8,15H,5H2,1-4H3. The average molecular weight is 296 g/mol. The number of anilines is 1.